The number of aromatic nitrogens is 5. The molecule has 4 aromatic heterocycles. The molecular formula is C20H20N6OS2. The summed E-state index contributed by atoms with van der Waals surface area (Å²) in [4.78, 5) is 14.9. The van der Waals surface area contributed by atoms with Crippen LogP contribution in [0.25, 0.3) is 15.9 Å². The molecule has 9 heteroatoms. The van der Waals surface area contributed by atoms with Crippen LogP contribution in [-0.2, 0) is 24.1 Å². The molecule has 0 N–H and O–H groups in total. The highest BCUT2D eigenvalue weighted by Crippen LogP contribution is 2.42. The Kier molecular flexibility index (Phi) is 4.48. The van der Waals surface area contributed by atoms with E-state index in [-0.39, 0.29) is 0 Å². The fraction of sp³-hybridized carbons (Fsp3) is 0.400. The highest BCUT2D eigenvalue weighted by molar-refractivity contribution is 7.99. The predicted octanol–water partition coefficient (Wildman–Crippen LogP) is 3.21. The van der Waals surface area contributed by atoms with Gasteiger partial charge >= 0.3 is 0 Å². The Hall–Kier alpha value is -2.07. The van der Waals surface area contributed by atoms with Crippen LogP contribution in [-0.4, -0.2) is 55.8 Å². The van der Waals surface area contributed by atoms with Crippen LogP contribution < -0.4 is 0 Å². The van der Waals surface area contributed by atoms with Crippen LogP contribution in [0, 0.1) is 0 Å². The second-order valence-electron chi connectivity index (χ2n) is 7.38. The largest absolute Gasteiger partial charge is 0.379 e. The summed E-state index contributed by atoms with van der Waals surface area (Å²) in [6.45, 7) is 4.18. The number of fused-ring (bicyclic) bond motifs is 4. The third-order valence-electron chi connectivity index (χ3n) is 5.52. The third kappa shape index (κ3) is 3.22. The van der Waals surface area contributed by atoms with Crippen molar-refractivity contribution < 1.29 is 4.74 Å². The van der Waals surface area contributed by atoms with Crippen molar-refractivity contribution in [2.75, 3.05) is 26.3 Å². The number of rotatable bonds is 4. The number of hydrogen-bond acceptors (Lipinski definition) is 8. The Morgan fingerprint density at radius 1 is 1.10 bits per heavy atom. The van der Waals surface area contributed by atoms with Crippen molar-refractivity contribution in [2.45, 2.75) is 36.0 Å². The molecule has 1 fully saturated rings. The predicted molar refractivity (Wildman–Crippen MR) is 113 cm³/mol. The zero-order valence-electron chi connectivity index (χ0n) is 15.9. The van der Waals surface area contributed by atoms with E-state index in [9.17, 15) is 0 Å². The molecule has 0 radical (unpaired) electrons. The Bertz CT molecular complexity index is 1200. The van der Waals surface area contributed by atoms with E-state index >= 15 is 0 Å². The second-order valence-corrected chi connectivity index (χ2v) is 9.42. The summed E-state index contributed by atoms with van der Waals surface area (Å²) in [6, 6.07) is 5.95. The second kappa shape index (κ2) is 7.32. The lowest BCUT2D eigenvalue weighted by Gasteiger charge is -2.25. The van der Waals surface area contributed by atoms with E-state index in [0.717, 1.165) is 72.2 Å². The van der Waals surface area contributed by atoms with Gasteiger partial charge in [0.1, 0.15) is 15.7 Å². The van der Waals surface area contributed by atoms with Gasteiger partial charge < -0.3 is 4.74 Å². The molecule has 0 amide bonds. The van der Waals surface area contributed by atoms with Gasteiger partial charge in [0, 0.05) is 29.5 Å². The van der Waals surface area contributed by atoms with Crippen molar-refractivity contribution >= 4 is 39.0 Å². The molecule has 0 spiro atoms. The van der Waals surface area contributed by atoms with Crippen LogP contribution in [0.1, 0.15) is 22.7 Å². The fourth-order valence-corrected chi connectivity index (χ4v) is 6.41. The van der Waals surface area contributed by atoms with E-state index in [1.165, 1.54) is 22.2 Å². The molecular weight excluding hydrogens is 404 g/mol. The lowest BCUT2D eigenvalue weighted by atomic mass is 10.2. The van der Waals surface area contributed by atoms with E-state index < -0.39 is 0 Å². The minimum atomic E-state index is 0.760. The first-order valence-electron chi connectivity index (χ1n) is 9.94. The minimum Gasteiger partial charge on any atom is -0.379 e. The molecule has 0 aromatic carbocycles. The Labute approximate surface area is 176 Å². The quantitative estimate of drug-likeness (QED) is 0.466. The van der Waals surface area contributed by atoms with Gasteiger partial charge in [0.2, 0.25) is 5.16 Å². The number of morpholine rings is 1. The average Bonchev–Trinajstić information content (AvgIpc) is 3.44. The van der Waals surface area contributed by atoms with Crippen LogP contribution in [0.15, 0.2) is 34.6 Å². The molecule has 1 saturated heterocycles. The van der Waals surface area contributed by atoms with Crippen molar-refractivity contribution in [3.05, 3.63) is 40.7 Å². The van der Waals surface area contributed by atoms with Crippen LogP contribution >= 0.6 is 23.1 Å². The van der Waals surface area contributed by atoms with E-state index in [1.54, 1.807) is 11.8 Å². The molecule has 0 atom stereocenters. The monoisotopic (exact) mass is 424 g/mol. The van der Waals surface area contributed by atoms with Gasteiger partial charge in [-0.15, -0.1) is 21.5 Å². The van der Waals surface area contributed by atoms with E-state index in [4.69, 9.17) is 14.7 Å². The van der Waals surface area contributed by atoms with Crippen LogP contribution in [0.3, 0.4) is 0 Å². The third-order valence-corrected chi connectivity index (χ3v) is 7.65. The Morgan fingerprint density at radius 3 is 2.97 bits per heavy atom. The van der Waals surface area contributed by atoms with E-state index in [2.05, 4.69) is 15.1 Å². The molecule has 148 valence electrons. The van der Waals surface area contributed by atoms with E-state index in [1.807, 2.05) is 40.1 Å². The van der Waals surface area contributed by atoms with Gasteiger partial charge in [-0.05, 0) is 48.7 Å². The molecule has 0 saturated carbocycles. The number of hydrogen-bond donors (Lipinski definition) is 0. The van der Waals surface area contributed by atoms with Gasteiger partial charge in [-0.25, -0.2) is 9.97 Å². The summed E-state index contributed by atoms with van der Waals surface area (Å²) in [6.07, 6.45) is 5.51. The zero-order chi connectivity index (χ0) is 19.2. The Morgan fingerprint density at radius 2 is 2.03 bits per heavy atom. The van der Waals surface area contributed by atoms with Crippen molar-refractivity contribution in [1.29, 1.82) is 0 Å². The first-order chi connectivity index (χ1) is 14.3. The van der Waals surface area contributed by atoms with Crippen molar-refractivity contribution in [1.82, 2.24) is 29.5 Å². The highest BCUT2D eigenvalue weighted by atomic mass is 32.2. The maximum Gasteiger partial charge on any atom is 0.201 e. The van der Waals surface area contributed by atoms with Gasteiger partial charge in [-0.1, -0.05) is 6.07 Å². The molecule has 0 unspecified atom stereocenters. The van der Waals surface area contributed by atoms with Gasteiger partial charge in [-0.2, -0.15) is 0 Å². The molecule has 0 bridgehead atoms. The normalized spacial score (nSPS) is 17.4. The van der Waals surface area contributed by atoms with Gasteiger partial charge in [0.05, 0.1) is 19.8 Å². The zero-order valence-corrected chi connectivity index (χ0v) is 17.5. The number of nitrogens with zero attached hydrogens (tertiary/aromatic N) is 6. The summed E-state index contributed by atoms with van der Waals surface area (Å²) in [5.74, 6) is 0.885. The maximum atomic E-state index is 5.48. The highest BCUT2D eigenvalue weighted by Gasteiger charge is 2.24. The summed E-state index contributed by atoms with van der Waals surface area (Å²) in [5, 5.41) is 11.8. The topological polar surface area (TPSA) is 68.4 Å². The van der Waals surface area contributed by atoms with Crippen LogP contribution in [0.4, 0.5) is 0 Å². The van der Waals surface area contributed by atoms with Crippen molar-refractivity contribution in [2.24, 2.45) is 0 Å². The summed E-state index contributed by atoms with van der Waals surface area (Å²) in [5.41, 5.74) is 2.30. The van der Waals surface area contributed by atoms with Gasteiger partial charge in [0.25, 0.3) is 0 Å². The SMILES string of the molecule is c1ccn2c(Sc3nc(CN4CCOCC4)nc4sc5c(c34)CCC5)nnc2c1. The molecule has 5 heterocycles. The fourth-order valence-electron chi connectivity index (χ4n) is 4.08. The summed E-state index contributed by atoms with van der Waals surface area (Å²) >= 11 is 3.44. The van der Waals surface area contributed by atoms with E-state index in [0.29, 0.717) is 0 Å². The molecule has 1 aliphatic heterocycles. The first-order valence-corrected chi connectivity index (χ1v) is 11.6. The summed E-state index contributed by atoms with van der Waals surface area (Å²) in [7, 11) is 0. The van der Waals surface area contributed by atoms with Gasteiger partial charge in [0.15, 0.2) is 5.65 Å². The van der Waals surface area contributed by atoms with Crippen molar-refractivity contribution in [3.8, 4) is 0 Å². The lowest BCUT2D eigenvalue weighted by Crippen LogP contribution is -2.36. The molecule has 7 nitrogen and oxygen atoms in total. The number of ether oxygens (including phenoxy) is 1. The molecule has 6 rings (SSSR count). The Balaban J connectivity index is 1.44. The molecule has 1 aliphatic carbocycles. The first kappa shape index (κ1) is 17.8. The lowest BCUT2D eigenvalue weighted by molar-refractivity contribution is 0.0330. The van der Waals surface area contributed by atoms with Gasteiger partial charge in [-0.3, -0.25) is 9.30 Å². The molecule has 29 heavy (non-hydrogen) atoms. The van der Waals surface area contributed by atoms with Crippen LogP contribution in [0.2, 0.25) is 0 Å². The molecule has 4 aromatic rings. The number of aryl methyl sites for hydroxylation is 2. The number of pyridine rings is 1. The number of thiophene rings is 1. The molecule has 2 aliphatic rings. The van der Waals surface area contributed by atoms with Crippen molar-refractivity contribution in [3.63, 3.8) is 0 Å². The standard InChI is InChI=1S/C20H20N6OS2/c1-2-7-26-16(6-1)23-24-20(26)29-19-17-13-4-3-5-14(13)28-18(17)21-15(22-19)12-25-8-10-27-11-9-25/h1-2,6-7H,3-5,8-12H2. The smallest absolute Gasteiger partial charge is 0.201 e. The average molecular weight is 425 g/mol. The maximum absolute atomic E-state index is 5.48. The summed E-state index contributed by atoms with van der Waals surface area (Å²) < 4.78 is 7.50. The minimum absolute atomic E-state index is 0.760. The van der Waals surface area contributed by atoms with Crippen LogP contribution in [0.5, 0.6) is 0 Å².